The number of rotatable bonds is 8. The Balaban J connectivity index is 2.60. The first kappa shape index (κ1) is 14.4. The van der Waals surface area contributed by atoms with Gasteiger partial charge in [-0.25, -0.2) is 0 Å². The lowest BCUT2D eigenvalue weighted by molar-refractivity contribution is 0.164. The Labute approximate surface area is 107 Å². The lowest BCUT2D eigenvalue weighted by Gasteiger charge is -2.10. The normalized spacial score (nSPS) is 12.0. The molecule has 1 heterocycles. The third kappa shape index (κ3) is 4.70. The molecule has 0 spiro atoms. The summed E-state index contributed by atoms with van der Waals surface area (Å²) < 4.78 is 5.00. The van der Waals surface area contributed by atoms with Crippen LogP contribution in [0.2, 0.25) is 0 Å². The molecule has 1 unspecified atom stereocenters. The highest BCUT2D eigenvalue weighted by Crippen LogP contribution is 2.10. The monoisotopic (exact) mass is 255 g/mol. The highest BCUT2D eigenvalue weighted by Gasteiger charge is 2.06. The van der Waals surface area contributed by atoms with Gasteiger partial charge in [0, 0.05) is 13.1 Å². The van der Waals surface area contributed by atoms with Crippen molar-refractivity contribution in [1.29, 1.82) is 0 Å². The van der Waals surface area contributed by atoms with E-state index >= 15 is 0 Å². The van der Waals surface area contributed by atoms with Gasteiger partial charge in [-0.2, -0.15) is 15.0 Å². The van der Waals surface area contributed by atoms with E-state index in [1.54, 1.807) is 0 Å². The van der Waals surface area contributed by atoms with Crippen molar-refractivity contribution in [3.63, 3.8) is 0 Å². The van der Waals surface area contributed by atoms with Gasteiger partial charge in [0.25, 0.3) is 0 Å². The molecule has 7 heteroatoms. The van der Waals surface area contributed by atoms with Crippen LogP contribution in [0.3, 0.4) is 0 Å². The number of aromatic nitrogens is 3. The van der Waals surface area contributed by atoms with E-state index in [2.05, 4.69) is 25.6 Å². The van der Waals surface area contributed by atoms with Gasteiger partial charge in [-0.15, -0.1) is 0 Å². The number of anilines is 2. The minimum atomic E-state index is -0.297. The van der Waals surface area contributed by atoms with Crippen LogP contribution in [0, 0.1) is 0 Å². The standard InChI is InChI=1S/C11H21N5O2/c1-4-8(17)6-7-13-10-14-9(12-5-2)15-11(16-10)18-3/h8,17H,4-7H2,1-3H3,(H2,12,13,14,15,16). The Morgan fingerprint density at radius 2 is 1.83 bits per heavy atom. The van der Waals surface area contributed by atoms with Crippen LogP contribution in [0.1, 0.15) is 26.7 Å². The Morgan fingerprint density at radius 3 is 2.39 bits per heavy atom. The molecule has 0 saturated heterocycles. The van der Waals surface area contributed by atoms with E-state index < -0.39 is 0 Å². The topological polar surface area (TPSA) is 92.2 Å². The lowest BCUT2D eigenvalue weighted by Crippen LogP contribution is -2.15. The Morgan fingerprint density at radius 1 is 1.17 bits per heavy atom. The van der Waals surface area contributed by atoms with Gasteiger partial charge in [0.1, 0.15) is 0 Å². The number of aliphatic hydroxyl groups excluding tert-OH is 1. The fourth-order valence-electron chi connectivity index (χ4n) is 1.32. The summed E-state index contributed by atoms with van der Waals surface area (Å²) in [4.78, 5) is 12.3. The van der Waals surface area contributed by atoms with Crippen LogP contribution in [0.25, 0.3) is 0 Å². The first-order valence-electron chi connectivity index (χ1n) is 6.15. The fraction of sp³-hybridized carbons (Fsp3) is 0.727. The lowest BCUT2D eigenvalue weighted by atomic mass is 10.2. The van der Waals surface area contributed by atoms with E-state index in [1.807, 2.05) is 13.8 Å². The number of methoxy groups -OCH3 is 1. The zero-order chi connectivity index (χ0) is 13.4. The summed E-state index contributed by atoms with van der Waals surface area (Å²) in [5.41, 5.74) is 0. The largest absolute Gasteiger partial charge is 0.467 e. The zero-order valence-electron chi connectivity index (χ0n) is 11.1. The van der Waals surface area contributed by atoms with Crippen LogP contribution in [-0.2, 0) is 0 Å². The van der Waals surface area contributed by atoms with Crippen molar-refractivity contribution in [3.8, 4) is 6.01 Å². The number of nitrogens with one attached hydrogen (secondary N) is 2. The maximum absolute atomic E-state index is 9.45. The predicted molar refractivity (Wildman–Crippen MR) is 69.9 cm³/mol. The molecule has 7 nitrogen and oxygen atoms in total. The summed E-state index contributed by atoms with van der Waals surface area (Å²) in [7, 11) is 1.51. The molecule has 1 atom stereocenters. The first-order valence-corrected chi connectivity index (χ1v) is 6.15. The van der Waals surface area contributed by atoms with Gasteiger partial charge in [0.2, 0.25) is 11.9 Å². The second-order valence-corrected chi connectivity index (χ2v) is 3.78. The van der Waals surface area contributed by atoms with E-state index in [-0.39, 0.29) is 12.1 Å². The maximum Gasteiger partial charge on any atom is 0.322 e. The van der Waals surface area contributed by atoms with E-state index in [0.29, 0.717) is 24.9 Å². The highest BCUT2D eigenvalue weighted by molar-refractivity contribution is 5.35. The maximum atomic E-state index is 9.45. The molecule has 0 aliphatic heterocycles. The number of hydrogen-bond acceptors (Lipinski definition) is 7. The van der Waals surface area contributed by atoms with E-state index in [9.17, 15) is 5.11 Å². The summed E-state index contributed by atoms with van der Waals surface area (Å²) in [6.45, 7) is 5.23. The molecule has 102 valence electrons. The molecule has 0 aliphatic carbocycles. The van der Waals surface area contributed by atoms with Crippen LogP contribution in [0.4, 0.5) is 11.9 Å². The van der Waals surface area contributed by atoms with E-state index in [1.165, 1.54) is 7.11 Å². The molecule has 0 fully saturated rings. The van der Waals surface area contributed by atoms with Crippen molar-refractivity contribution in [2.75, 3.05) is 30.8 Å². The minimum Gasteiger partial charge on any atom is -0.467 e. The molecule has 1 aromatic heterocycles. The smallest absolute Gasteiger partial charge is 0.322 e. The highest BCUT2D eigenvalue weighted by atomic mass is 16.5. The van der Waals surface area contributed by atoms with Crippen LogP contribution >= 0.6 is 0 Å². The molecule has 1 rings (SSSR count). The Bertz CT molecular complexity index is 361. The molecule has 0 amide bonds. The quantitative estimate of drug-likeness (QED) is 0.635. The summed E-state index contributed by atoms with van der Waals surface area (Å²) >= 11 is 0. The molecule has 18 heavy (non-hydrogen) atoms. The zero-order valence-corrected chi connectivity index (χ0v) is 11.1. The van der Waals surface area contributed by atoms with E-state index in [4.69, 9.17) is 4.74 Å². The average Bonchev–Trinajstić information content (AvgIpc) is 2.38. The number of nitrogens with zero attached hydrogens (tertiary/aromatic N) is 3. The van der Waals surface area contributed by atoms with Crippen molar-refractivity contribution in [2.24, 2.45) is 0 Å². The van der Waals surface area contributed by atoms with Crippen LogP contribution in [-0.4, -0.2) is 46.4 Å². The summed E-state index contributed by atoms with van der Waals surface area (Å²) in [6.07, 6.45) is 1.10. The number of hydrogen-bond donors (Lipinski definition) is 3. The van der Waals surface area contributed by atoms with Crippen LogP contribution < -0.4 is 15.4 Å². The predicted octanol–water partition coefficient (Wildman–Crippen LogP) is 0.885. The second-order valence-electron chi connectivity index (χ2n) is 3.78. The SMILES string of the molecule is CCNc1nc(NCCC(O)CC)nc(OC)n1. The molecule has 0 aliphatic rings. The molecule has 0 saturated carbocycles. The molecule has 0 aromatic carbocycles. The van der Waals surface area contributed by atoms with Gasteiger partial charge in [-0.3, -0.25) is 0 Å². The Kier molecular flexibility index (Phi) is 6.13. The molecule has 0 bridgehead atoms. The summed E-state index contributed by atoms with van der Waals surface area (Å²) in [5, 5.41) is 15.5. The second kappa shape index (κ2) is 7.65. The van der Waals surface area contributed by atoms with Gasteiger partial charge in [-0.05, 0) is 19.8 Å². The van der Waals surface area contributed by atoms with Gasteiger partial charge in [0.15, 0.2) is 0 Å². The van der Waals surface area contributed by atoms with Crippen molar-refractivity contribution in [2.45, 2.75) is 32.8 Å². The first-order chi connectivity index (χ1) is 8.69. The number of aliphatic hydroxyl groups is 1. The van der Waals surface area contributed by atoms with Crippen LogP contribution in [0.15, 0.2) is 0 Å². The number of ether oxygens (including phenoxy) is 1. The van der Waals surface area contributed by atoms with Crippen molar-refractivity contribution in [3.05, 3.63) is 0 Å². The van der Waals surface area contributed by atoms with Crippen molar-refractivity contribution in [1.82, 2.24) is 15.0 Å². The van der Waals surface area contributed by atoms with Crippen molar-refractivity contribution < 1.29 is 9.84 Å². The van der Waals surface area contributed by atoms with E-state index in [0.717, 1.165) is 13.0 Å². The van der Waals surface area contributed by atoms with Gasteiger partial charge >= 0.3 is 6.01 Å². The third-order valence-electron chi connectivity index (χ3n) is 2.36. The third-order valence-corrected chi connectivity index (χ3v) is 2.36. The minimum absolute atomic E-state index is 0.263. The van der Waals surface area contributed by atoms with Gasteiger partial charge < -0.3 is 20.5 Å². The van der Waals surface area contributed by atoms with Crippen molar-refractivity contribution >= 4 is 11.9 Å². The molecule has 3 N–H and O–H groups in total. The van der Waals surface area contributed by atoms with Crippen LogP contribution in [0.5, 0.6) is 6.01 Å². The molecule has 0 radical (unpaired) electrons. The Hall–Kier alpha value is -1.63. The summed E-state index contributed by atoms with van der Waals surface area (Å²) in [6, 6.07) is 0.263. The van der Waals surface area contributed by atoms with Gasteiger partial charge in [-0.1, -0.05) is 6.92 Å². The molecule has 1 aromatic rings. The van der Waals surface area contributed by atoms with Gasteiger partial charge in [0.05, 0.1) is 13.2 Å². The molecular weight excluding hydrogens is 234 g/mol. The fourth-order valence-corrected chi connectivity index (χ4v) is 1.32. The summed E-state index contributed by atoms with van der Waals surface area (Å²) in [5.74, 6) is 0.920. The average molecular weight is 255 g/mol. The molecular formula is C11H21N5O2.